The third kappa shape index (κ3) is 2.33. The molecule has 0 aromatic heterocycles. The summed E-state index contributed by atoms with van der Waals surface area (Å²) < 4.78 is 11.1. The molecule has 3 rings (SSSR count). The van der Waals surface area contributed by atoms with Gasteiger partial charge in [0, 0.05) is 25.2 Å². The van der Waals surface area contributed by atoms with E-state index in [4.69, 9.17) is 9.47 Å². The largest absolute Gasteiger partial charge is 0.493 e. The lowest BCUT2D eigenvalue weighted by Crippen LogP contribution is -2.35. The lowest BCUT2D eigenvalue weighted by Gasteiger charge is -2.36. The fraction of sp³-hybridized carbons (Fsp3) is 0.562. The molecule has 1 aromatic carbocycles. The predicted molar refractivity (Wildman–Crippen MR) is 72.0 cm³/mol. The van der Waals surface area contributed by atoms with Gasteiger partial charge >= 0.3 is 0 Å². The van der Waals surface area contributed by atoms with Gasteiger partial charge < -0.3 is 9.47 Å². The standard InChI is InChI=1S/C16H19NO2/c17-12-16(11-13-5-8-18-9-6-13)7-10-19-15-4-2-1-3-14(15)16/h1-4,13H,5-11H2. The Hall–Kier alpha value is -1.53. The van der Waals surface area contributed by atoms with E-state index in [0.717, 1.165) is 50.2 Å². The molecule has 0 bridgehead atoms. The highest BCUT2D eigenvalue weighted by molar-refractivity contribution is 5.45. The van der Waals surface area contributed by atoms with E-state index >= 15 is 0 Å². The second-order valence-electron chi connectivity index (χ2n) is 5.55. The van der Waals surface area contributed by atoms with Crippen LogP contribution in [0.25, 0.3) is 0 Å². The number of ether oxygens (including phenoxy) is 2. The Balaban J connectivity index is 1.89. The SMILES string of the molecule is N#CC1(CC2CCOCC2)CCOc2ccccc21. The molecule has 1 saturated heterocycles. The Morgan fingerprint density at radius 3 is 2.79 bits per heavy atom. The average Bonchev–Trinajstić information content (AvgIpc) is 2.49. The Bertz CT molecular complexity index is 488. The van der Waals surface area contributed by atoms with Gasteiger partial charge in [0.1, 0.15) is 5.75 Å². The third-order valence-electron chi connectivity index (χ3n) is 4.38. The fourth-order valence-corrected chi connectivity index (χ4v) is 3.27. The molecule has 1 unspecified atom stereocenters. The zero-order valence-electron chi connectivity index (χ0n) is 11.1. The molecule has 3 heteroatoms. The van der Waals surface area contributed by atoms with Crippen LogP contribution in [0.4, 0.5) is 0 Å². The Labute approximate surface area is 114 Å². The van der Waals surface area contributed by atoms with E-state index in [1.807, 2.05) is 18.2 Å². The van der Waals surface area contributed by atoms with Gasteiger partial charge in [-0.2, -0.15) is 5.26 Å². The molecule has 0 aliphatic carbocycles. The number of hydrogen-bond acceptors (Lipinski definition) is 3. The lowest BCUT2D eigenvalue weighted by atomic mass is 9.70. The van der Waals surface area contributed by atoms with Crippen molar-refractivity contribution in [3.63, 3.8) is 0 Å². The Morgan fingerprint density at radius 2 is 2.00 bits per heavy atom. The molecule has 100 valence electrons. The second kappa shape index (κ2) is 5.22. The van der Waals surface area contributed by atoms with Crippen molar-refractivity contribution in [2.75, 3.05) is 19.8 Å². The van der Waals surface area contributed by atoms with Crippen LogP contribution < -0.4 is 4.74 Å². The number of para-hydroxylation sites is 1. The topological polar surface area (TPSA) is 42.2 Å². The van der Waals surface area contributed by atoms with Gasteiger partial charge in [-0.25, -0.2) is 0 Å². The molecular formula is C16H19NO2. The molecule has 2 aliphatic rings. The van der Waals surface area contributed by atoms with Crippen LogP contribution in [0.3, 0.4) is 0 Å². The van der Waals surface area contributed by atoms with Gasteiger partial charge in [-0.05, 0) is 31.2 Å². The maximum atomic E-state index is 9.78. The van der Waals surface area contributed by atoms with Gasteiger partial charge in [0.25, 0.3) is 0 Å². The zero-order chi connectivity index (χ0) is 13.1. The third-order valence-corrected chi connectivity index (χ3v) is 4.38. The first-order chi connectivity index (χ1) is 9.34. The summed E-state index contributed by atoms with van der Waals surface area (Å²) in [6.07, 6.45) is 3.89. The van der Waals surface area contributed by atoms with Gasteiger partial charge in [-0.1, -0.05) is 18.2 Å². The predicted octanol–water partition coefficient (Wildman–Crippen LogP) is 3.05. The van der Waals surface area contributed by atoms with Crippen molar-refractivity contribution < 1.29 is 9.47 Å². The number of hydrogen-bond donors (Lipinski definition) is 0. The van der Waals surface area contributed by atoms with Crippen molar-refractivity contribution in [2.45, 2.75) is 31.1 Å². The van der Waals surface area contributed by atoms with Crippen LogP contribution in [-0.2, 0) is 10.2 Å². The summed E-state index contributed by atoms with van der Waals surface area (Å²) in [5, 5.41) is 9.78. The van der Waals surface area contributed by atoms with Crippen molar-refractivity contribution in [1.29, 1.82) is 5.26 Å². The van der Waals surface area contributed by atoms with Gasteiger partial charge in [0.15, 0.2) is 0 Å². The fourth-order valence-electron chi connectivity index (χ4n) is 3.27. The molecular weight excluding hydrogens is 238 g/mol. The molecule has 0 saturated carbocycles. The van der Waals surface area contributed by atoms with Gasteiger partial charge in [-0.15, -0.1) is 0 Å². The van der Waals surface area contributed by atoms with Crippen molar-refractivity contribution >= 4 is 0 Å². The van der Waals surface area contributed by atoms with Crippen molar-refractivity contribution in [3.8, 4) is 11.8 Å². The van der Waals surface area contributed by atoms with Gasteiger partial charge in [0.05, 0.1) is 18.1 Å². The second-order valence-corrected chi connectivity index (χ2v) is 5.55. The zero-order valence-corrected chi connectivity index (χ0v) is 11.1. The minimum Gasteiger partial charge on any atom is -0.493 e. The summed E-state index contributed by atoms with van der Waals surface area (Å²) in [4.78, 5) is 0. The van der Waals surface area contributed by atoms with E-state index in [9.17, 15) is 5.26 Å². The summed E-state index contributed by atoms with van der Waals surface area (Å²) in [7, 11) is 0. The van der Waals surface area contributed by atoms with Crippen LogP contribution >= 0.6 is 0 Å². The number of benzene rings is 1. The maximum absolute atomic E-state index is 9.78. The first-order valence-electron chi connectivity index (χ1n) is 7.05. The minimum atomic E-state index is -0.364. The van der Waals surface area contributed by atoms with E-state index in [-0.39, 0.29) is 5.41 Å². The molecule has 3 nitrogen and oxygen atoms in total. The molecule has 0 radical (unpaired) electrons. The summed E-state index contributed by atoms with van der Waals surface area (Å²) in [5.41, 5.74) is 0.715. The highest BCUT2D eigenvalue weighted by Crippen LogP contribution is 2.43. The van der Waals surface area contributed by atoms with Crippen LogP contribution in [0.2, 0.25) is 0 Å². The molecule has 2 heterocycles. The quantitative estimate of drug-likeness (QED) is 0.817. The Kier molecular flexibility index (Phi) is 3.44. The van der Waals surface area contributed by atoms with Gasteiger partial charge in [-0.3, -0.25) is 0 Å². The molecule has 1 fully saturated rings. The van der Waals surface area contributed by atoms with E-state index in [0.29, 0.717) is 12.5 Å². The monoisotopic (exact) mass is 257 g/mol. The highest BCUT2D eigenvalue weighted by Gasteiger charge is 2.40. The van der Waals surface area contributed by atoms with Crippen LogP contribution in [0.1, 0.15) is 31.2 Å². The number of nitriles is 1. The minimum absolute atomic E-state index is 0.364. The first kappa shape index (κ1) is 12.5. The highest BCUT2D eigenvalue weighted by atomic mass is 16.5. The van der Waals surface area contributed by atoms with Crippen LogP contribution in [0.5, 0.6) is 5.75 Å². The van der Waals surface area contributed by atoms with Crippen molar-refractivity contribution in [2.24, 2.45) is 5.92 Å². The number of rotatable bonds is 2. The van der Waals surface area contributed by atoms with Crippen LogP contribution in [0.15, 0.2) is 24.3 Å². The van der Waals surface area contributed by atoms with Crippen LogP contribution in [0, 0.1) is 17.2 Å². The normalized spacial score (nSPS) is 27.1. The Morgan fingerprint density at radius 1 is 1.21 bits per heavy atom. The number of nitrogens with zero attached hydrogens (tertiary/aromatic N) is 1. The van der Waals surface area contributed by atoms with Crippen molar-refractivity contribution in [3.05, 3.63) is 29.8 Å². The van der Waals surface area contributed by atoms with Crippen molar-refractivity contribution in [1.82, 2.24) is 0 Å². The molecule has 2 aliphatic heterocycles. The smallest absolute Gasteiger partial charge is 0.124 e. The molecule has 1 aromatic rings. The summed E-state index contributed by atoms with van der Waals surface area (Å²) in [5.74, 6) is 1.49. The first-order valence-corrected chi connectivity index (χ1v) is 7.05. The summed E-state index contributed by atoms with van der Waals surface area (Å²) in [6, 6.07) is 10.6. The van der Waals surface area contributed by atoms with E-state index < -0.39 is 0 Å². The van der Waals surface area contributed by atoms with Gasteiger partial charge in [0.2, 0.25) is 0 Å². The molecule has 0 N–H and O–H groups in total. The van der Waals surface area contributed by atoms with E-state index in [1.165, 1.54) is 0 Å². The lowest BCUT2D eigenvalue weighted by molar-refractivity contribution is 0.0560. The summed E-state index contributed by atoms with van der Waals surface area (Å²) in [6.45, 7) is 2.32. The average molecular weight is 257 g/mol. The maximum Gasteiger partial charge on any atom is 0.124 e. The summed E-state index contributed by atoms with van der Waals surface area (Å²) >= 11 is 0. The molecule has 1 atom stereocenters. The number of fused-ring (bicyclic) bond motifs is 1. The van der Waals surface area contributed by atoms with Crippen LogP contribution in [-0.4, -0.2) is 19.8 Å². The van der Waals surface area contributed by atoms with E-state index in [2.05, 4.69) is 12.1 Å². The molecule has 19 heavy (non-hydrogen) atoms. The van der Waals surface area contributed by atoms with E-state index in [1.54, 1.807) is 0 Å². The molecule has 0 amide bonds. The molecule has 0 spiro atoms.